The number of hydrogen-bond donors (Lipinski definition) is 1. The van der Waals surface area contributed by atoms with Crippen LogP contribution in [0, 0.1) is 6.92 Å². The molecule has 0 aliphatic heterocycles. The Kier molecular flexibility index (Phi) is 8.11. The van der Waals surface area contributed by atoms with Gasteiger partial charge in [0.15, 0.2) is 17.1 Å². The number of carbonyl (C=O) groups is 1. The largest absolute Gasteiger partial charge is 0.481 e. The minimum absolute atomic E-state index is 0.159. The standard InChI is InChI=1S/C21H21BrClN5O2S/c1-4-9-28-20(14(3)30-17-10-13(2)5-7-16(17)23)26-27-21(28)31-12-19(29)25-18-8-6-15(22)11-24-18/h4-8,10-11,14H,1,9,12H2,2-3H3,(H,24,25,29). The Balaban J connectivity index is 1.69. The molecule has 162 valence electrons. The summed E-state index contributed by atoms with van der Waals surface area (Å²) in [5.74, 6) is 1.66. The average molecular weight is 523 g/mol. The van der Waals surface area contributed by atoms with E-state index < -0.39 is 6.10 Å². The number of nitrogens with one attached hydrogen (secondary N) is 1. The van der Waals surface area contributed by atoms with Gasteiger partial charge in [0.2, 0.25) is 5.91 Å². The molecule has 1 aromatic carbocycles. The molecule has 0 aliphatic carbocycles. The van der Waals surface area contributed by atoms with Crippen molar-refractivity contribution in [1.82, 2.24) is 19.7 Å². The van der Waals surface area contributed by atoms with Crippen molar-refractivity contribution in [3.05, 3.63) is 70.1 Å². The van der Waals surface area contributed by atoms with E-state index in [1.807, 2.05) is 36.6 Å². The molecule has 0 spiro atoms. The molecule has 1 N–H and O–H groups in total. The Morgan fingerprint density at radius 1 is 1.39 bits per heavy atom. The van der Waals surface area contributed by atoms with Crippen LogP contribution in [0.3, 0.4) is 0 Å². The first-order valence-electron chi connectivity index (χ1n) is 9.38. The molecule has 0 saturated heterocycles. The molecule has 1 atom stereocenters. The third kappa shape index (κ3) is 6.32. The van der Waals surface area contributed by atoms with Crippen molar-refractivity contribution >= 4 is 51.0 Å². The van der Waals surface area contributed by atoms with Gasteiger partial charge >= 0.3 is 0 Å². The van der Waals surface area contributed by atoms with E-state index in [-0.39, 0.29) is 11.7 Å². The number of pyridine rings is 1. The molecule has 1 amide bonds. The van der Waals surface area contributed by atoms with Crippen LogP contribution in [0.1, 0.15) is 24.4 Å². The van der Waals surface area contributed by atoms with E-state index >= 15 is 0 Å². The quantitative estimate of drug-likeness (QED) is 0.297. The number of aryl methyl sites for hydroxylation is 1. The van der Waals surface area contributed by atoms with E-state index in [0.29, 0.717) is 34.1 Å². The van der Waals surface area contributed by atoms with E-state index in [0.717, 1.165) is 10.0 Å². The molecule has 0 fully saturated rings. The van der Waals surface area contributed by atoms with E-state index in [1.54, 1.807) is 24.4 Å². The molecule has 0 saturated carbocycles. The highest BCUT2D eigenvalue weighted by Crippen LogP contribution is 2.30. The van der Waals surface area contributed by atoms with Crippen LogP contribution in [0.4, 0.5) is 5.82 Å². The first kappa shape index (κ1) is 23.3. The number of halogens is 2. The van der Waals surface area contributed by atoms with E-state index in [1.165, 1.54) is 11.8 Å². The maximum absolute atomic E-state index is 12.3. The van der Waals surface area contributed by atoms with Gasteiger partial charge in [-0.05, 0) is 59.6 Å². The zero-order valence-corrected chi connectivity index (χ0v) is 20.2. The average Bonchev–Trinajstić information content (AvgIpc) is 3.14. The van der Waals surface area contributed by atoms with Gasteiger partial charge < -0.3 is 10.1 Å². The SMILES string of the molecule is C=CCn1c(SCC(=O)Nc2ccc(Br)cn2)nnc1C(C)Oc1cc(C)ccc1Cl. The first-order chi connectivity index (χ1) is 14.9. The van der Waals surface area contributed by atoms with E-state index in [4.69, 9.17) is 16.3 Å². The smallest absolute Gasteiger partial charge is 0.236 e. The highest BCUT2D eigenvalue weighted by Gasteiger charge is 2.20. The summed E-state index contributed by atoms with van der Waals surface area (Å²) < 4.78 is 8.75. The van der Waals surface area contributed by atoms with Crippen molar-refractivity contribution < 1.29 is 9.53 Å². The Labute approximate surface area is 198 Å². The van der Waals surface area contributed by atoms with Crippen molar-refractivity contribution in [2.75, 3.05) is 11.1 Å². The zero-order valence-electron chi connectivity index (χ0n) is 17.0. The number of ether oxygens (including phenoxy) is 1. The van der Waals surface area contributed by atoms with Gasteiger partial charge in [0, 0.05) is 17.2 Å². The molecule has 0 bridgehead atoms. The number of aromatic nitrogens is 4. The van der Waals surface area contributed by atoms with E-state index in [9.17, 15) is 4.79 Å². The number of benzene rings is 1. The molecular weight excluding hydrogens is 502 g/mol. The first-order valence-corrected chi connectivity index (χ1v) is 11.5. The second kappa shape index (κ2) is 10.8. The zero-order chi connectivity index (χ0) is 22.4. The summed E-state index contributed by atoms with van der Waals surface area (Å²) in [5, 5.41) is 12.4. The number of hydrogen-bond acceptors (Lipinski definition) is 6. The molecule has 10 heteroatoms. The van der Waals surface area contributed by atoms with Crippen LogP contribution in [0.2, 0.25) is 5.02 Å². The van der Waals surface area contributed by atoms with Crippen LogP contribution >= 0.6 is 39.3 Å². The van der Waals surface area contributed by atoms with Gasteiger partial charge in [-0.3, -0.25) is 9.36 Å². The number of amides is 1. The predicted molar refractivity (Wildman–Crippen MR) is 127 cm³/mol. The molecule has 2 aromatic heterocycles. The Morgan fingerprint density at radius 2 is 2.19 bits per heavy atom. The Bertz CT molecular complexity index is 1070. The van der Waals surface area contributed by atoms with Gasteiger partial charge in [-0.15, -0.1) is 16.8 Å². The second-order valence-electron chi connectivity index (χ2n) is 6.63. The number of thioether (sulfide) groups is 1. The van der Waals surface area contributed by atoms with Crippen LogP contribution in [-0.4, -0.2) is 31.4 Å². The van der Waals surface area contributed by atoms with Crippen LogP contribution in [0.25, 0.3) is 0 Å². The summed E-state index contributed by atoms with van der Waals surface area (Å²) in [6.07, 6.45) is 2.97. The van der Waals surface area contributed by atoms with Crippen molar-refractivity contribution in [2.24, 2.45) is 0 Å². The predicted octanol–water partition coefficient (Wildman–Crippen LogP) is 5.45. The third-order valence-electron chi connectivity index (χ3n) is 4.14. The second-order valence-corrected chi connectivity index (χ2v) is 8.90. The fourth-order valence-corrected chi connectivity index (χ4v) is 3.86. The molecule has 1 unspecified atom stereocenters. The normalized spacial score (nSPS) is 11.7. The maximum atomic E-state index is 12.3. The van der Waals surface area contributed by atoms with Crippen molar-refractivity contribution in [1.29, 1.82) is 0 Å². The molecule has 7 nitrogen and oxygen atoms in total. The lowest BCUT2D eigenvalue weighted by atomic mass is 10.2. The maximum Gasteiger partial charge on any atom is 0.236 e. The lowest BCUT2D eigenvalue weighted by Crippen LogP contribution is -2.16. The fourth-order valence-electron chi connectivity index (χ4n) is 2.71. The monoisotopic (exact) mass is 521 g/mol. The van der Waals surface area contributed by atoms with Gasteiger partial charge in [-0.25, -0.2) is 4.98 Å². The minimum atomic E-state index is -0.401. The van der Waals surface area contributed by atoms with Gasteiger partial charge in [-0.1, -0.05) is 35.5 Å². The Hall–Kier alpha value is -2.36. The van der Waals surface area contributed by atoms with Crippen LogP contribution in [0.15, 0.2) is 58.8 Å². The summed E-state index contributed by atoms with van der Waals surface area (Å²) in [6, 6.07) is 9.13. The van der Waals surface area contributed by atoms with Crippen molar-refractivity contribution in [3.8, 4) is 5.75 Å². The summed E-state index contributed by atoms with van der Waals surface area (Å²) in [7, 11) is 0. The van der Waals surface area contributed by atoms with Crippen LogP contribution in [0.5, 0.6) is 5.75 Å². The topological polar surface area (TPSA) is 81.9 Å². The fraction of sp³-hybridized carbons (Fsp3) is 0.238. The highest BCUT2D eigenvalue weighted by atomic mass is 79.9. The Morgan fingerprint density at radius 3 is 2.90 bits per heavy atom. The molecule has 31 heavy (non-hydrogen) atoms. The molecular formula is C21H21BrClN5O2S. The molecule has 2 heterocycles. The number of anilines is 1. The minimum Gasteiger partial charge on any atom is -0.481 e. The number of allylic oxidation sites excluding steroid dienone is 1. The van der Waals surface area contributed by atoms with Crippen molar-refractivity contribution in [2.45, 2.75) is 31.7 Å². The van der Waals surface area contributed by atoms with Crippen molar-refractivity contribution in [3.63, 3.8) is 0 Å². The summed E-state index contributed by atoms with van der Waals surface area (Å²) in [5.41, 5.74) is 1.04. The number of nitrogens with zero attached hydrogens (tertiary/aromatic N) is 4. The summed E-state index contributed by atoms with van der Waals surface area (Å²) in [4.78, 5) is 16.4. The molecule has 3 rings (SSSR count). The van der Waals surface area contributed by atoms with Gasteiger partial charge in [0.05, 0.1) is 10.8 Å². The third-order valence-corrected chi connectivity index (χ3v) is 5.89. The van der Waals surface area contributed by atoms with Crippen LogP contribution < -0.4 is 10.1 Å². The van der Waals surface area contributed by atoms with Gasteiger partial charge in [0.25, 0.3) is 0 Å². The molecule has 3 aromatic rings. The lowest BCUT2D eigenvalue weighted by molar-refractivity contribution is -0.113. The highest BCUT2D eigenvalue weighted by molar-refractivity contribution is 9.10. The summed E-state index contributed by atoms with van der Waals surface area (Å²) >= 11 is 10.8. The van der Waals surface area contributed by atoms with Crippen LogP contribution in [-0.2, 0) is 11.3 Å². The van der Waals surface area contributed by atoms with Gasteiger partial charge in [0.1, 0.15) is 11.6 Å². The molecule has 0 aliphatic rings. The number of carbonyl (C=O) groups excluding carboxylic acids is 1. The van der Waals surface area contributed by atoms with Gasteiger partial charge in [-0.2, -0.15) is 0 Å². The summed E-state index contributed by atoms with van der Waals surface area (Å²) in [6.45, 7) is 8.14. The van der Waals surface area contributed by atoms with E-state index in [2.05, 4.69) is 43.0 Å². The lowest BCUT2D eigenvalue weighted by Gasteiger charge is -2.17. The number of rotatable bonds is 9. The molecule has 0 radical (unpaired) electrons.